The minimum atomic E-state index is -3.91. The fraction of sp³-hybridized carbons (Fsp3) is 0.333. The molecule has 0 fully saturated rings. The lowest BCUT2D eigenvalue weighted by Gasteiger charge is -2.08. The molecule has 1 aromatic heterocycles. The Morgan fingerprint density at radius 3 is 2.86 bits per heavy atom. The van der Waals surface area contributed by atoms with Gasteiger partial charge in [-0.25, -0.2) is 8.42 Å². The van der Waals surface area contributed by atoms with Crippen LogP contribution in [0.25, 0.3) is 0 Å². The standard InChI is InChI=1S/C12H12BrClN2O4S/c1-2-3-12-15-11(16-20-12)7-19-9-5-4-8(13)6-10(9)21(14,17)18/h4-6H,2-3,7H2,1H3. The van der Waals surface area contributed by atoms with Gasteiger partial charge in [-0.2, -0.15) is 4.98 Å². The van der Waals surface area contributed by atoms with Gasteiger partial charge in [0.25, 0.3) is 9.05 Å². The van der Waals surface area contributed by atoms with Crippen molar-refractivity contribution in [3.8, 4) is 5.75 Å². The van der Waals surface area contributed by atoms with E-state index in [0.717, 1.165) is 6.42 Å². The molecule has 0 bridgehead atoms. The third-order valence-corrected chi connectivity index (χ3v) is 4.34. The number of rotatable bonds is 6. The maximum Gasteiger partial charge on any atom is 0.265 e. The van der Waals surface area contributed by atoms with Gasteiger partial charge in [-0.3, -0.25) is 0 Å². The summed E-state index contributed by atoms with van der Waals surface area (Å²) in [6.07, 6.45) is 1.58. The smallest absolute Gasteiger partial charge is 0.265 e. The molecule has 0 atom stereocenters. The molecule has 0 saturated heterocycles. The summed E-state index contributed by atoms with van der Waals surface area (Å²) in [5.41, 5.74) is 0. The minimum absolute atomic E-state index is 0.00570. The van der Waals surface area contributed by atoms with Crippen LogP contribution < -0.4 is 4.74 Å². The predicted octanol–water partition coefficient (Wildman–Crippen LogP) is 3.29. The summed E-state index contributed by atoms with van der Waals surface area (Å²) in [5, 5.41) is 3.76. The normalized spacial score (nSPS) is 11.6. The molecule has 2 aromatic rings. The van der Waals surface area contributed by atoms with Crippen LogP contribution in [0.2, 0.25) is 0 Å². The number of aromatic nitrogens is 2. The van der Waals surface area contributed by atoms with E-state index in [9.17, 15) is 8.42 Å². The van der Waals surface area contributed by atoms with Crippen molar-refractivity contribution in [1.29, 1.82) is 0 Å². The molecular formula is C12H12BrClN2O4S. The van der Waals surface area contributed by atoms with Crippen LogP contribution in [0.4, 0.5) is 0 Å². The Kier molecular flexibility index (Phi) is 5.23. The largest absolute Gasteiger partial charge is 0.484 e. The second kappa shape index (κ2) is 6.76. The molecule has 0 N–H and O–H groups in total. The summed E-state index contributed by atoms with van der Waals surface area (Å²) in [4.78, 5) is 4.02. The number of benzene rings is 1. The van der Waals surface area contributed by atoms with Crippen LogP contribution in [0, 0.1) is 0 Å². The Bertz CT molecular complexity index is 733. The van der Waals surface area contributed by atoms with Gasteiger partial charge in [-0.1, -0.05) is 28.0 Å². The first-order valence-electron chi connectivity index (χ1n) is 6.08. The molecular weight excluding hydrogens is 384 g/mol. The lowest BCUT2D eigenvalue weighted by Crippen LogP contribution is -2.02. The lowest BCUT2D eigenvalue weighted by molar-refractivity contribution is 0.278. The van der Waals surface area contributed by atoms with Crippen molar-refractivity contribution in [1.82, 2.24) is 10.1 Å². The fourth-order valence-electron chi connectivity index (χ4n) is 1.60. The van der Waals surface area contributed by atoms with Crippen molar-refractivity contribution in [3.05, 3.63) is 34.4 Å². The molecule has 0 spiro atoms. The zero-order valence-corrected chi connectivity index (χ0v) is 14.2. The molecule has 9 heteroatoms. The van der Waals surface area contributed by atoms with Crippen molar-refractivity contribution in [3.63, 3.8) is 0 Å². The monoisotopic (exact) mass is 394 g/mol. The van der Waals surface area contributed by atoms with E-state index in [1.807, 2.05) is 6.92 Å². The Morgan fingerprint density at radius 1 is 1.43 bits per heavy atom. The maximum absolute atomic E-state index is 11.5. The maximum atomic E-state index is 11.5. The molecule has 1 aromatic carbocycles. The van der Waals surface area contributed by atoms with Gasteiger partial charge < -0.3 is 9.26 Å². The van der Waals surface area contributed by atoms with Crippen molar-refractivity contribution in [2.75, 3.05) is 0 Å². The average Bonchev–Trinajstić information content (AvgIpc) is 2.84. The molecule has 0 saturated carbocycles. The van der Waals surface area contributed by atoms with E-state index in [1.54, 1.807) is 6.07 Å². The van der Waals surface area contributed by atoms with Gasteiger partial charge in [0.05, 0.1) is 0 Å². The van der Waals surface area contributed by atoms with Crippen molar-refractivity contribution < 1.29 is 17.7 Å². The number of halogens is 2. The fourth-order valence-corrected chi connectivity index (χ4v) is 3.11. The summed E-state index contributed by atoms with van der Waals surface area (Å²) in [6, 6.07) is 4.53. The molecule has 0 unspecified atom stereocenters. The number of ether oxygens (including phenoxy) is 1. The Labute approximate surface area is 135 Å². The van der Waals surface area contributed by atoms with Crippen LogP contribution in [0.5, 0.6) is 5.75 Å². The van der Waals surface area contributed by atoms with Crippen molar-refractivity contribution in [2.45, 2.75) is 31.3 Å². The van der Waals surface area contributed by atoms with Crippen LogP contribution in [0.1, 0.15) is 25.1 Å². The van der Waals surface area contributed by atoms with Gasteiger partial charge >= 0.3 is 0 Å². The van der Waals surface area contributed by atoms with Crippen LogP contribution in [-0.4, -0.2) is 18.6 Å². The van der Waals surface area contributed by atoms with Gasteiger partial charge in [-0.05, 0) is 24.6 Å². The third-order valence-electron chi connectivity index (χ3n) is 2.50. The number of nitrogens with zero attached hydrogens (tertiary/aromatic N) is 2. The first-order chi connectivity index (χ1) is 9.90. The first-order valence-corrected chi connectivity index (χ1v) is 9.19. The number of hydrogen-bond acceptors (Lipinski definition) is 6. The molecule has 0 aliphatic rings. The average molecular weight is 396 g/mol. The van der Waals surface area contributed by atoms with E-state index in [4.69, 9.17) is 19.9 Å². The SMILES string of the molecule is CCCc1nc(COc2ccc(Br)cc2S(=O)(=O)Cl)no1. The Hall–Kier alpha value is -1.12. The van der Waals surface area contributed by atoms with Gasteiger partial charge in [-0.15, -0.1) is 0 Å². The van der Waals surface area contributed by atoms with Gasteiger partial charge in [0.1, 0.15) is 10.6 Å². The quantitative estimate of drug-likeness (QED) is 0.698. The zero-order valence-electron chi connectivity index (χ0n) is 11.0. The van der Waals surface area contributed by atoms with Crippen LogP contribution in [-0.2, 0) is 22.1 Å². The van der Waals surface area contributed by atoms with E-state index < -0.39 is 9.05 Å². The van der Waals surface area contributed by atoms with Crippen molar-refractivity contribution >= 4 is 35.7 Å². The molecule has 0 aliphatic carbocycles. The summed E-state index contributed by atoms with van der Waals surface area (Å²) >= 11 is 3.19. The van der Waals surface area contributed by atoms with Gasteiger partial charge in [0, 0.05) is 21.6 Å². The second-order valence-electron chi connectivity index (χ2n) is 4.17. The second-order valence-corrected chi connectivity index (χ2v) is 7.62. The first kappa shape index (κ1) is 16.3. The summed E-state index contributed by atoms with van der Waals surface area (Å²) in [6.45, 7) is 1.99. The minimum Gasteiger partial charge on any atom is -0.484 e. The molecule has 6 nitrogen and oxygen atoms in total. The van der Waals surface area contributed by atoms with Crippen LogP contribution in [0.3, 0.4) is 0 Å². The highest BCUT2D eigenvalue weighted by molar-refractivity contribution is 9.10. The number of aryl methyl sites for hydroxylation is 1. The highest BCUT2D eigenvalue weighted by Gasteiger charge is 2.18. The third kappa shape index (κ3) is 4.42. The van der Waals surface area contributed by atoms with E-state index in [-0.39, 0.29) is 17.3 Å². The topological polar surface area (TPSA) is 82.3 Å². The summed E-state index contributed by atoms with van der Waals surface area (Å²) < 4.78 is 34.1. The predicted molar refractivity (Wildman–Crippen MR) is 79.8 cm³/mol. The molecule has 2 rings (SSSR count). The molecule has 0 radical (unpaired) electrons. The molecule has 0 amide bonds. The van der Waals surface area contributed by atoms with E-state index in [2.05, 4.69) is 26.1 Å². The van der Waals surface area contributed by atoms with Crippen LogP contribution >= 0.6 is 26.6 Å². The molecule has 21 heavy (non-hydrogen) atoms. The van der Waals surface area contributed by atoms with E-state index in [1.165, 1.54) is 12.1 Å². The highest BCUT2D eigenvalue weighted by Crippen LogP contribution is 2.30. The summed E-state index contributed by atoms with van der Waals surface area (Å²) in [7, 11) is 1.47. The molecule has 114 valence electrons. The lowest BCUT2D eigenvalue weighted by atomic mass is 10.3. The molecule has 0 aliphatic heterocycles. The molecule has 1 heterocycles. The highest BCUT2D eigenvalue weighted by atomic mass is 79.9. The van der Waals surface area contributed by atoms with E-state index in [0.29, 0.717) is 22.6 Å². The van der Waals surface area contributed by atoms with Crippen molar-refractivity contribution in [2.24, 2.45) is 0 Å². The Morgan fingerprint density at radius 2 is 2.19 bits per heavy atom. The van der Waals surface area contributed by atoms with Gasteiger partial charge in [0.2, 0.25) is 11.7 Å². The van der Waals surface area contributed by atoms with E-state index >= 15 is 0 Å². The zero-order chi connectivity index (χ0) is 15.5. The summed E-state index contributed by atoms with van der Waals surface area (Å²) in [5.74, 6) is 1.01. The Balaban J connectivity index is 2.16. The number of hydrogen-bond donors (Lipinski definition) is 0. The van der Waals surface area contributed by atoms with Crippen LogP contribution in [0.15, 0.2) is 32.1 Å². The van der Waals surface area contributed by atoms with Gasteiger partial charge in [0.15, 0.2) is 6.61 Å².